The van der Waals surface area contributed by atoms with E-state index in [-0.39, 0.29) is 0 Å². The van der Waals surface area contributed by atoms with Gasteiger partial charge in [-0.2, -0.15) is 0 Å². The van der Waals surface area contributed by atoms with Gasteiger partial charge in [-0.05, 0) is 18.9 Å². The molecule has 0 fully saturated rings. The lowest BCUT2D eigenvalue weighted by atomic mass is 10.0. The van der Waals surface area contributed by atoms with E-state index in [2.05, 4.69) is 37.2 Å². The molecule has 2 aromatic rings. The van der Waals surface area contributed by atoms with Crippen LogP contribution in [0.3, 0.4) is 0 Å². The van der Waals surface area contributed by atoms with Crippen LogP contribution >= 0.6 is 0 Å². The molecular weight excluding hydrogens is 236 g/mol. The first-order chi connectivity index (χ1) is 9.22. The second-order valence-corrected chi connectivity index (χ2v) is 5.05. The molecule has 0 aliphatic rings. The van der Waals surface area contributed by atoms with E-state index in [4.69, 9.17) is 10.3 Å². The highest BCUT2D eigenvalue weighted by molar-refractivity contribution is 5.75. The molecular formula is C16H22N2O. The SMILES string of the molecule is CCCCCCc1onc(N)c1-c1cccc(C)c1. The van der Waals surface area contributed by atoms with Gasteiger partial charge in [0.15, 0.2) is 5.82 Å². The number of benzene rings is 1. The van der Waals surface area contributed by atoms with Gasteiger partial charge in [-0.1, -0.05) is 61.2 Å². The Kier molecular flexibility index (Phi) is 4.61. The van der Waals surface area contributed by atoms with Crippen LogP contribution < -0.4 is 5.73 Å². The maximum absolute atomic E-state index is 5.95. The first-order valence-corrected chi connectivity index (χ1v) is 7.03. The molecule has 0 atom stereocenters. The van der Waals surface area contributed by atoms with Crippen molar-refractivity contribution in [3.63, 3.8) is 0 Å². The topological polar surface area (TPSA) is 52.0 Å². The summed E-state index contributed by atoms with van der Waals surface area (Å²) in [6.07, 6.45) is 5.77. The highest BCUT2D eigenvalue weighted by Crippen LogP contribution is 2.31. The molecule has 0 radical (unpaired) electrons. The molecule has 1 aromatic carbocycles. The number of hydrogen-bond donors (Lipinski definition) is 1. The molecule has 0 aliphatic carbocycles. The van der Waals surface area contributed by atoms with Gasteiger partial charge in [-0.3, -0.25) is 0 Å². The average Bonchev–Trinajstić information content (AvgIpc) is 2.76. The van der Waals surface area contributed by atoms with Gasteiger partial charge in [0, 0.05) is 6.42 Å². The third-order valence-corrected chi connectivity index (χ3v) is 3.35. The summed E-state index contributed by atoms with van der Waals surface area (Å²) in [5.74, 6) is 1.41. The first kappa shape index (κ1) is 13.7. The fourth-order valence-electron chi connectivity index (χ4n) is 2.33. The third-order valence-electron chi connectivity index (χ3n) is 3.35. The van der Waals surface area contributed by atoms with Crippen LogP contribution in [0.1, 0.15) is 43.9 Å². The Morgan fingerprint density at radius 1 is 1.21 bits per heavy atom. The number of hydrogen-bond acceptors (Lipinski definition) is 3. The number of aromatic nitrogens is 1. The van der Waals surface area contributed by atoms with Gasteiger partial charge in [-0.25, -0.2) is 0 Å². The number of nitrogen functional groups attached to an aromatic ring is 1. The monoisotopic (exact) mass is 258 g/mol. The van der Waals surface area contributed by atoms with Crippen molar-refractivity contribution in [2.24, 2.45) is 0 Å². The van der Waals surface area contributed by atoms with E-state index in [0.717, 1.165) is 29.7 Å². The minimum absolute atomic E-state index is 0.496. The van der Waals surface area contributed by atoms with Gasteiger partial charge in [0.25, 0.3) is 0 Å². The second-order valence-electron chi connectivity index (χ2n) is 5.05. The number of nitrogens with zero attached hydrogens (tertiary/aromatic N) is 1. The molecule has 102 valence electrons. The molecule has 0 aliphatic heterocycles. The molecule has 0 unspecified atom stereocenters. The molecule has 0 saturated carbocycles. The number of aryl methyl sites for hydroxylation is 2. The Morgan fingerprint density at radius 2 is 2.05 bits per heavy atom. The van der Waals surface area contributed by atoms with Gasteiger partial charge in [-0.15, -0.1) is 0 Å². The van der Waals surface area contributed by atoms with Gasteiger partial charge in [0.1, 0.15) is 5.76 Å². The van der Waals surface area contributed by atoms with Gasteiger partial charge < -0.3 is 10.3 Å². The Labute approximate surface area is 114 Å². The number of rotatable bonds is 6. The molecule has 3 nitrogen and oxygen atoms in total. The Balaban J connectivity index is 2.18. The predicted octanol–water partition coefficient (Wildman–Crippen LogP) is 4.36. The van der Waals surface area contributed by atoms with E-state index < -0.39 is 0 Å². The van der Waals surface area contributed by atoms with E-state index in [1.54, 1.807) is 0 Å². The largest absolute Gasteiger partial charge is 0.380 e. The van der Waals surface area contributed by atoms with Crippen LogP contribution in [0.15, 0.2) is 28.8 Å². The summed E-state index contributed by atoms with van der Waals surface area (Å²) >= 11 is 0. The standard InChI is InChI=1S/C16H22N2O/c1-3-4-5-6-10-14-15(16(17)18-19-14)13-9-7-8-12(2)11-13/h7-9,11H,3-6,10H2,1-2H3,(H2,17,18). The summed E-state index contributed by atoms with van der Waals surface area (Å²) < 4.78 is 5.39. The van der Waals surface area contributed by atoms with Crippen molar-refractivity contribution < 1.29 is 4.52 Å². The van der Waals surface area contributed by atoms with E-state index in [0.29, 0.717) is 5.82 Å². The second kappa shape index (κ2) is 6.41. The van der Waals surface area contributed by atoms with E-state index in [9.17, 15) is 0 Å². The van der Waals surface area contributed by atoms with Crippen LogP contribution in [0, 0.1) is 6.92 Å². The molecule has 19 heavy (non-hydrogen) atoms. The molecule has 0 saturated heterocycles. The average molecular weight is 258 g/mol. The minimum Gasteiger partial charge on any atom is -0.380 e. The third kappa shape index (κ3) is 3.37. The fraction of sp³-hybridized carbons (Fsp3) is 0.438. The lowest BCUT2D eigenvalue weighted by Crippen LogP contribution is -1.91. The van der Waals surface area contributed by atoms with Crippen molar-refractivity contribution >= 4 is 5.82 Å². The zero-order valence-electron chi connectivity index (χ0n) is 11.8. The molecule has 3 heteroatoms. The van der Waals surface area contributed by atoms with Crippen molar-refractivity contribution in [1.82, 2.24) is 5.16 Å². The summed E-state index contributed by atoms with van der Waals surface area (Å²) in [6.45, 7) is 4.29. The maximum atomic E-state index is 5.95. The van der Waals surface area contributed by atoms with Crippen molar-refractivity contribution in [2.75, 3.05) is 5.73 Å². The lowest BCUT2D eigenvalue weighted by Gasteiger charge is -2.04. The van der Waals surface area contributed by atoms with Crippen LogP contribution in [0.2, 0.25) is 0 Å². The summed E-state index contributed by atoms with van der Waals surface area (Å²) in [5.41, 5.74) is 9.24. The first-order valence-electron chi connectivity index (χ1n) is 7.03. The van der Waals surface area contributed by atoms with Crippen molar-refractivity contribution in [1.29, 1.82) is 0 Å². The molecule has 0 bridgehead atoms. The van der Waals surface area contributed by atoms with Crippen LogP contribution in [0.4, 0.5) is 5.82 Å². The smallest absolute Gasteiger partial charge is 0.175 e. The molecule has 0 spiro atoms. The number of nitrogens with two attached hydrogens (primary N) is 1. The number of unbranched alkanes of at least 4 members (excludes halogenated alkanes) is 3. The van der Waals surface area contributed by atoms with Crippen molar-refractivity contribution in [2.45, 2.75) is 46.0 Å². The van der Waals surface area contributed by atoms with Crippen LogP contribution in [0.25, 0.3) is 11.1 Å². The lowest BCUT2D eigenvalue weighted by molar-refractivity contribution is 0.382. The van der Waals surface area contributed by atoms with Gasteiger partial charge >= 0.3 is 0 Å². The maximum Gasteiger partial charge on any atom is 0.175 e. The predicted molar refractivity (Wildman–Crippen MR) is 78.9 cm³/mol. The minimum atomic E-state index is 0.496. The number of anilines is 1. The molecule has 1 aromatic heterocycles. The molecule has 0 amide bonds. The Hall–Kier alpha value is -1.77. The van der Waals surface area contributed by atoms with Gasteiger partial charge in [0.2, 0.25) is 0 Å². The highest BCUT2D eigenvalue weighted by Gasteiger charge is 2.15. The molecule has 1 heterocycles. The van der Waals surface area contributed by atoms with Gasteiger partial charge in [0.05, 0.1) is 5.56 Å². The molecule has 2 N–H and O–H groups in total. The Morgan fingerprint density at radius 3 is 2.79 bits per heavy atom. The van der Waals surface area contributed by atoms with Crippen LogP contribution in [-0.2, 0) is 6.42 Å². The van der Waals surface area contributed by atoms with Crippen LogP contribution in [-0.4, -0.2) is 5.16 Å². The van der Waals surface area contributed by atoms with E-state index >= 15 is 0 Å². The summed E-state index contributed by atoms with van der Waals surface area (Å²) in [5, 5.41) is 3.92. The van der Waals surface area contributed by atoms with Crippen molar-refractivity contribution in [3.8, 4) is 11.1 Å². The van der Waals surface area contributed by atoms with E-state index in [1.807, 2.05) is 6.07 Å². The Bertz CT molecular complexity index is 531. The quantitative estimate of drug-likeness (QED) is 0.783. The highest BCUT2D eigenvalue weighted by atomic mass is 16.5. The van der Waals surface area contributed by atoms with E-state index in [1.165, 1.54) is 24.8 Å². The summed E-state index contributed by atoms with van der Waals surface area (Å²) in [6, 6.07) is 8.30. The fourth-order valence-corrected chi connectivity index (χ4v) is 2.33. The van der Waals surface area contributed by atoms with Crippen molar-refractivity contribution in [3.05, 3.63) is 35.6 Å². The summed E-state index contributed by atoms with van der Waals surface area (Å²) in [7, 11) is 0. The summed E-state index contributed by atoms with van der Waals surface area (Å²) in [4.78, 5) is 0. The zero-order chi connectivity index (χ0) is 13.7. The molecule has 2 rings (SSSR count). The zero-order valence-corrected chi connectivity index (χ0v) is 11.8. The van der Waals surface area contributed by atoms with Crippen LogP contribution in [0.5, 0.6) is 0 Å². The normalized spacial score (nSPS) is 10.8.